The molecule has 0 radical (unpaired) electrons. The van der Waals surface area contributed by atoms with Crippen molar-refractivity contribution in [2.45, 2.75) is 34.3 Å². The van der Waals surface area contributed by atoms with Crippen molar-refractivity contribution >= 4 is 16.9 Å². The number of ether oxygens (including phenoxy) is 2. The first-order valence-corrected chi connectivity index (χ1v) is 8.88. The average molecular weight is 382 g/mol. The van der Waals surface area contributed by atoms with Crippen molar-refractivity contribution in [3.05, 3.63) is 68.6 Å². The van der Waals surface area contributed by atoms with E-state index >= 15 is 0 Å². The SMILES string of the molecule is Cc1cc(C)c(OCC(=O)OCc2cc(=O)oc3c(C)c(O)ccc23)c(C)c1. The highest BCUT2D eigenvalue weighted by Gasteiger charge is 2.14. The van der Waals surface area contributed by atoms with Crippen LogP contribution in [0.5, 0.6) is 11.5 Å². The zero-order valence-corrected chi connectivity index (χ0v) is 16.3. The van der Waals surface area contributed by atoms with Crippen LogP contribution in [0.1, 0.15) is 27.8 Å². The number of phenolic OH excluding ortho intramolecular Hbond substituents is 1. The summed E-state index contributed by atoms with van der Waals surface area (Å²) in [6.45, 7) is 7.17. The second kappa shape index (κ2) is 7.76. The van der Waals surface area contributed by atoms with Gasteiger partial charge in [0.05, 0.1) is 0 Å². The van der Waals surface area contributed by atoms with Crippen molar-refractivity contribution in [3.8, 4) is 11.5 Å². The summed E-state index contributed by atoms with van der Waals surface area (Å²) in [6.07, 6.45) is 0. The summed E-state index contributed by atoms with van der Waals surface area (Å²) in [7, 11) is 0. The third-order valence-electron chi connectivity index (χ3n) is 4.55. The molecule has 1 N–H and O–H groups in total. The molecule has 6 heteroatoms. The molecule has 0 aliphatic rings. The number of hydrogen-bond acceptors (Lipinski definition) is 6. The van der Waals surface area contributed by atoms with Crippen LogP contribution in [0, 0.1) is 27.7 Å². The van der Waals surface area contributed by atoms with Gasteiger partial charge in [0.1, 0.15) is 23.7 Å². The van der Waals surface area contributed by atoms with E-state index in [4.69, 9.17) is 13.9 Å². The lowest BCUT2D eigenvalue weighted by molar-refractivity contribution is -0.147. The molecule has 0 spiro atoms. The third-order valence-corrected chi connectivity index (χ3v) is 4.55. The van der Waals surface area contributed by atoms with Gasteiger partial charge in [-0.25, -0.2) is 9.59 Å². The molecular formula is C22H22O6. The molecular weight excluding hydrogens is 360 g/mol. The predicted octanol–water partition coefficient (Wildman–Crippen LogP) is 3.85. The van der Waals surface area contributed by atoms with Gasteiger partial charge in [0, 0.05) is 22.6 Å². The summed E-state index contributed by atoms with van der Waals surface area (Å²) in [5.41, 5.74) is 3.69. The van der Waals surface area contributed by atoms with Crippen molar-refractivity contribution in [1.29, 1.82) is 0 Å². The molecule has 28 heavy (non-hydrogen) atoms. The molecule has 6 nitrogen and oxygen atoms in total. The maximum atomic E-state index is 12.1. The van der Waals surface area contributed by atoms with Gasteiger partial charge in [-0.1, -0.05) is 17.7 Å². The standard InChI is InChI=1S/C22H22O6/c1-12-7-13(2)21(14(3)8-12)27-11-20(25)26-10-16-9-19(24)28-22-15(4)18(23)6-5-17(16)22/h5-9,23H,10-11H2,1-4H3. The highest BCUT2D eigenvalue weighted by molar-refractivity contribution is 5.85. The molecule has 1 aromatic heterocycles. The zero-order chi connectivity index (χ0) is 20.4. The smallest absolute Gasteiger partial charge is 0.344 e. The normalized spacial score (nSPS) is 10.9. The Labute approximate surface area is 162 Å². The van der Waals surface area contributed by atoms with Crippen molar-refractivity contribution in [2.75, 3.05) is 6.61 Å². The lowest BCUT2D eigenvalue weighted by atomic mass is 10.1. The second-order valence-corrected chi connectivity index (χ2v) is 6.85. The highest BCUT2D eigenvalue weighted by atomic mass is 16.6. The van der Waals surface area contributed by atoms with Crippen LogP contribution in [-0.4, -0.2) is 17.7 Å². The molecule has 3 aromatic rings. The Morgan fingerprint density at radius 2 is 1.75 bits per heavy atom. The number of aryl methyl sites for hydroxylation is 4. The first-order chi connectivity index (χ1) is 13.3. The zero-order valence-electron chi connectivity index (χ0n) is 16.3. The first kappa shape index (κ1) is 19.5. The van der Waals surface area contributed by atoms with Gasteiger partial charge in [-0.05, 0) is 51.0 Å². The largest absolute Gasteiger partial charge is 0.508 e. The fraction of sp³-hybridized carbons (Fsp3) is 0.273. The van der Waals surface area contributed by atoms with Gasteiger partial charge >= 0.3 is 11.6 Å². The summed E-state index contributed by atoms with van der Waals surface area (Å²) in [6, 6.07) is 8.39. The number of carbonyl (C=O) groups is 1. The minimum Gasteiger partial charge on any atom is -0.508 e. The van der Waals surface area contributed by atoms with E-state index in [1.807, 2.05) is 32.9 Å². The van der Waals surface area contributed by atoms with Crippen LogP contribution in [-0.2, 0) is 16.1 Å². The monoisotopic (exact) mass is 382 g/mol. The van der Waals surface area contributed by atoms with Crippen molar-refractivity contribution in [3.63, 3.8) is 0 Å². The molecule has 1 heterocycles. The van der Waals surface area contributed by atoms with E-state index in [-0.39, 0.29) is 24.5 Å². The number of benzene rings is 2. The van der Waals surface area contributed by atoms with Gasteiger partial charge in [0.2, 0.25) is 0 Å². The van der Waals surface area contributed by atoms with E-state index in [1.165, 1.54) is 12.1 Å². The summed E-state index contributed by atoms with van der Waals surface area (Å²) in [5, 5.41) is 10.4. The number of hydrogen-bond donors (Lipinski definition) is 1. The fourth-order valence-corrected chi connectivity index (χ4v) is 3.26. The van der Waals surface area contributed by atoms with Gasteiger partial charge in [-0.15, -0.1) is 0 Å². The lowest BCUT2D eigenvalue weighted by Gasteiger charge is -2.13. The summed E-state index contributed by atoms with van der Waals surface area (Å²) in [4.78, 5) is 23.9. The molecule has 0 bridgehead atoms. The summed E-state index contributed by atoms with van der Waals surface area (Å²) < 4.78 is 16.1. The number of fused-ring (bicyclic) bond motifs is 1. The van der Waals surface area contributed by atoms with Gasteiger partial charge < -0.3 is 19.0 Å². The minimum absolute atomic E-state index is 0.0297. The van der Waals surface area contributed by atoms with Gasteiger partial charge in [0.25, 0.3) is 0 Å². The van der Waals surface area contributed by atoms with Crippen LogP contribution in [0.2, 0.25) is 0 Å². The molecule has 0 saturated carbocycles. The van der Waals surface area contributed by atoms with Crippen LogP contribution in [0.15, 0.2) is 39.5 Å². The lowest BCUT2D eigenvalue weighted by Crippen LogP contribution is -2.16. The number of rotatable bonds is 5. The van der Waals surface area contributed by atoms with E-state index in [0.717, 1.165) is 16.7 Å². The highest BCUT2D eigenvalue weighted by Crippen LogP contribution is 2.28. The van der Waals surface area contributed by atoms with Crippen LogP contribution >= 0.6 is 0 Å². The average Bonchev–Trinajstić information content (AvgIpc) is 2.62. The maximum absolute atomic E-state index is 12.1. The Morgan fingerprint density at radius 1 is 1.07 bits per heavy atom. The van der Waals surface area contributed by atoms with E-state index in [2.05, 4.69) is 0 Å². The van der Waals surface area contributed by atoms with E-state index < -0.39 is 11.6 Å². The Hall–Kier alpha value is -3.28. The van der Waals surface area contributed by atoms with Crippen LogP contribution < -0.4 is 10.4 Å². The van der Waals surface area contributed by atoms with E-state index in [0.29, 0.717) is 22.3 Å². The molecule has 0 fully saturated rings. The quantitative estimate of drug-likeness (QED) is 0.533. The van der Waals surface area contributed by atoms with Gasteiger partial charge in [-0.2, -0.15) is 0 Å². The summed E-state index contributed by atoms with van der Waals surface area (Å²) >= 11 is 0. The summed E-state index contributed by atoms with van der Waals surface area (Å²) in [5.74, 6) is 0.151. The molecule has 0 aliphatic carbocycles. The van der Waals surface area contributed by atoms with E-state index in [9.17, 15) is 14.7 Å². The molecule has 2 aromatic carbocycles. The first-order valence-electron chi connectivity index (χ1n) is 8.88. The molecule has 0 saturated heterocycles. The Morgan fingerprint density at radius 3 is 2.43 bits per heavy atom. The number of aromatic hydroxyl groups is 1. The molecule has 0 atom stereocenters. The molecule has 0 amide bonds. The van der Waals surface area contributed by atoms with Crippen LogP contribution in [0.25, 0.3) is 11.0 Å². The van der Waals surface area contributed by atoms with E-state index in [1.54, 1.807) is 13.0 Å². The van der Waals surface area contributed by atoms with Crippen LogP contribution in [0.3, 0.4) is 0 Å². The fourth-order valence-electron chi connectivity index (χ4n) is 3.26. The van der Waals surface area contributed by atoms with Gasteiger partial charge in [0.15, 0.2) is 6.61 Å². The number of esters is 1. The Bertz CT molecular complexity index is 1090. The maximum Gasteiger partial charge on any atom is 0.344 e. The minimum atomic E-state index is -0.575. The molecule has 146 valence electrons. The Balaban J connectivity index is 1.72. The Kier molecular flexibility index (Phi) is 5.40. The number of carbonyl (C=O) groups excluding carboxylic acids is 1. The van der Waals surface area contributed by atoms with Crippen molar-refractivity contribution < 1.29 is 23.8 Å². The second-order valence-electron chi connectivity index (χ2n) is 6.85. The third kappa shape index (κ3) is 4.01. The van der Waals surface area contributed by atoms with Crippen molar-refractivity contribution in [2.24, 2.45) is 0 Å². The van der Waals surface area contributed by atoms with Crippen LogP contribution in [0.4, 0.5) is 0 Å². The predicted molar refractivity (Wildman–Crippen MR) is 105 cm³/mol. The van der Waals surface area contributed by atoms with Crippen molar-refractivity contribution in [1.82, 2.24) is 0 Å². The molecule has 3 rings (SSSR count). The molecule has 0 unspecified atom stereocenters. The van der Waals surface area contributed by atoms with Gasteiger partial charge in [-0.3, -0.25) is 0 Å². The number of phenols is 1. The molecule has 0 aliphatic heterocycles. The topological polar surface area (TPSA) is 86.0 Å².